The molecule has 0 amide bonds. The highest BCUT2D eigenvalue weighted by Crippen LogP contribution is 2.46. The first-order valence-corrected chi connectivity index (χ1v) is 30.7. The number of aromatic amines is 4. The first-order chi connectivity index (χ1) is 45.6. The van der Waals surface area contributed by atoms with Gasteiger partial charge in [-0.05, 0) is 93.3 Å². The Kier molecular flexibility index (Phi) is 25.6. The van der Waals surface area contributed by atoms with Crippen molar-refractivity contribution in [3.05, 3.63) is 137 Å². The van der Waals surface area contributed by atoms with E-state index in [0.29, 0.717) is 78.7 Å². The lowest BCUT2D eigenvalue weighted by molar-refractivity contribution is -0.141. The Morgan fingerprint density at radius 1 is 0.389 bits per heavy atom. The van der Waals surface area contributed by atoms with E-state index in [1.807, 2.05) is 0 Å². The SMILES string of the molecule is COC(=O)CCC1=C(CC(=O)OC)C2=NC1(Cc1[nH]c(C(=O)OCc3ccccc3)c(CCC(=O)OC)c1CC(=O)OC)Cc1[nH]c(c(CCC(=O)OC)c1CC(=O)OC)Cc1[nH]c(c(CCC(=O)OC)c1CC(=O)OC)Cc1[nH]c(c(CCC(=O)OC)c1CC(=O)OC)C2. The molecule has 0 saturated carbocycles. The normalized spacial score (nSPS) is 14.0. The number of rotatable bonds is 30. The molecule has 27 nitrogen and oxygen atoms in total. The first-order valence-electron chi connectivity index (χ1n) is 30.7. The van der Waals surface area contributed by atoms with Crippen molar-refractivity contribution in [1.82, 2.24) is 19.9 Å². The molecular weight excluding hydrogens is 1240 g/mol. The molecule has 4 N–H and O–H groups in total. The highest BCUT2D eigenvalue weighted by atomic mass is 16.6. The quantitative estimate of drug-likeness (QED) is 0.0340. The molecule has 0 aliphatic carbocycles. The van der Waals surface area contributed by atoms with Crippen LogP contribution in [0, 0.1) is 0 Å². The minimum Gasteiger partial charge on any atom is -0.469 e. The monoisotopic (exact) mass is 1320 g/mol. The van der Waals surface area contributed by atoms with Crippen LogP contribution in [-0.2, 0) is 190 Å². The molecule has 0 saturated heterocycles. The van der Waals surface area contributed by atoms with Crippen molar-refractivity contribution in [2.24, 2.45) is 4.99 Å². The van der Waals surface area contributed by atoms with Crippen LogP contribution in [0.5, 0.6) is 0 Å². The molecule has 5 aromatic rings. The molecule has 0 spiro atoms. The maximum absolute atomic E-state index is 14.7. The summed E-state index contributed by atoms with van der Waals surface area (Å²) < 4.78 is 58.2. The zero-order chi connectivity index (χ0) is 69.1. The van der Waals surface area contributed by atoms with Crippen molar-refractivity contribution in [2.45, 2.75) is 141 Å². The van der Waals surface area contributed by atoms with Gasteiger partial charge in [0.25, 0.3) is 0 Å². The molecule has 6 heterocycles. The molecule has 1 unspecified atom stereocenters. The number of esters is 11. The van der Waals surface area contributed by atoms with E-state index in [9.17, 15) is 52.7 Å². The van der Waals surface area contributed by atoms with Gasteiger partial charge in [0.2, 0.25) is 0 Å². The number of methoxy groups -OCH3 is 10. The van der Waals surface area contributed by atoms with Crippen molar-refractivity contribution >= 4 is 71.4 Å². The van der Waals surface area contributed by atoms with E-state index in [4.69, 9.17) is 57.1 Å². The molecule has 2 aliphatic heterocycles. The molecule has 95 heavy (non-hydrogen) atoms. The van der Waals surface area contributed by atoms with Gasteiger partial charge in [0.05, 0.1) is 109 Å². The third-order valence-electron chi connectivity index (χ3n) is 17.3. The van der Waals surface area contributed by atoms with E-state index in [0.717, 1.165) is 0 Å². The van der Waals surface area contributed by atoms with E-state index in [-0.39, 0.29) is 150 Å². The highest BCUT2D eigenvalue weighted by Gasteiger charge is 2.46. The van der Waals surface area contributed by atoms with Crippen LogP contribution in [0.4, 0.5) is 0 Å². The molecule has 27 heteroatoms. The number of ether oxygens (including phenoxy) is 11. The average Bonchev–Trinajstić information content (AvgIpc) is 1.62. The molecular formula is C68H81N5O22. The van der Waals surface area contributed by atoms with Gasteiger partial charge in [-0.1, -0.05) is 30.3 Å². The molecule has 0 radical (unpaired) electrons. The lowest BCUT2D eigenvalue weighted by atomic mass is 9.76. The van der Waals surface area contributed by atoms with E-state index in [1.165, 1.54) is 71.1 Å². The van der Waals surface area contributed by atoms with Gasteiger partial charge in [-0.3, -0.25) is 52.9 Å². The van der Waals surface area contributed by atoms with Gasteiger partial charge in [-0.25, -0.2) is 4.79 Å². The number of aromatic nitrogens is 4. The van der Waals surface area contributed by atoms with Crippen LogP contribution in [0.2, 0.25) is 0 Å². The molecule has 7 rings (SSSR count). The van der Waals surface area contributed by atoms with Gasteiger partial charge in [-0.15, -0.1) is 0 Å². The third-order valence-corrected chi connectivity index (χ3v) is 17.3. The second-order valence-corrected chi connectivity index (χ2v) is 22.7. The Hall–Kier alpha value is -10.1. The van der Waals surface area contributed by atoms with Crippen LogP contribution < -0.4 is 0 Å². The number of carbonyl (C=O) groups is 11. The van der Waals surface area contributed by atoms with Crippen LogP contribution in [0.25, 0.3) is 0 Å². The predicted molar refractivity (Wildman–Crippen MR) is 335 cm³/mol. The zero-order valence-corrected chi connectivity index (χ0v) is 55.2. The number of fused-ring (bicyclic) bond motifs is 7. The topological polar surface area (TPSA) is 365 Å². The van der Waals surface area contributed by atoms with Crippen molar-refractivity contribution in [3.63, 3.8) is 0 Å². The Morgan fingerprint density at radius 3 is 1.18 bits per heavy atom. The van der Waals surface area contributed by atoms with E-state index in [1.54, 1.807) is 30.3 Å². The molecule has 8 bridgehead atoms. The third kappa shape index (κ3) is 18.0. The summed E-state index contributed by atoms with van der Waals surface area (Å²) in [5.41, 5.74) is 5.28. The van der Waals surface area contributed by atoms with Gasteiger partial charge >= 0.3 is 65.7 Å². The summed E-state index contributed by atoms with van der Waals surface area (Å²) in [6.45, 7) is -0.186. The number of aliphatic imine (C=N–C) groups is 1. The van der Waals surface area contributed by atoms with Crippen LogP contribution in [0.3, 0.4) is 0 Å². The maximum atomic E-state index is 14.7. The van der Waals surface area contributed by atoms with Gasteiger partial charge in [0.15, 0.2) is 0 Å². The van der Waals surface area contributed by atoms with E-state index < -0.39 is 90.5 Å². The number of H-pyrrole nitrogens is 4. The Balaban J connectivity index is 1.69. The summed E-state index contributed by atoms with van der Waals surface area (Å²) in [5.74, 6) is -7.45. The predicted octanol–water partition coefficient (Wildman–Crippen LogP) is 5.17. The summed E-state index contributed by atoms with van der Waals surface area (Å²) in [7, 11) is 12.2. The van der Waals surface area contributed by atoms with Crippen LogP contribution in [0.15, 0.2) is 46.5 Å². The number of nitrogens with zero attached hydrogens (tertiary/aromatic N) is 1. The van der Waals surface area contributed by atoms with Gasteiger partial charge in [0.1, 0.15) is 12.3 Å². The van der Waals surface area contributed by atoms with Gasteiger partial charge in [0, 0.05) is 110 Å². The molecule has 1 aromatic carbocycles. The number of benzene rings is 1. The number of nitrogens with one attached hydrogen (secondary N) is 4. The standard InChI is InChI=1S/C68H81N5O22/c1-85-56(74)21-16-38-42(26-61(79)90-6)52-32-49-40(18-23-58(76)87-3)44(28-63(81)92-8)54(71-49)34-68(35-55-45(29-64(82)93-9)41(19-24-59(77)88-4)66(72-55)67(84)95-36-37-14-12-11-13-15-37)47(20-25-60(78)89-5)46(30-65(83)94-10)53(73-68)33-50-39(17-22-57(75)86-2)43(27-62(80)91-7)51(70-50)31-48(38)69-52/h11-15,69-72H,16-36H2,1-10H3. The first kappa shape index (κ1) is 72.3. The lowest BCUT2D eigenvalue weighted by Crippen LogP contribution is -2.35. The minimum atomic E-state index is -1.79. The van der Waals surface area contributed by atoms with E-state index in [2.05, 4.69) is 19.9 Å². The molecule has 4 aromatic heterocycles. The Bertz CT molecular complexity index is 3780. The highest BCUT2D eigenvalue weighted by molar-refractivity contribution is 6.08. The van der Waals surface area contributed by atoms with Crippen LogP contribution >= 0.6 is 0 Å². The summed E-state index contributed by atoms with van der Waals surface area (Å²) >= 11 is 0. The minimum absolute atomic E-state index is 0.0274. The maximum Gasteiger partial charge on any atom is 0.355 e. The van der Waals surface area contributed by atoms with Crippen LogP contribution in [0.1, 0.15) is 145 Å². The fraction of sp³-hybridized carbons (Fsp3) is 0.471. The van der Waals surface area contributed by atoms with Gasteiger partial charge < -0.3 is 72.0 Å². The smallest absolute Gasteiger partial charge is 0.355 e. The molecule has 1 atom stereocenters. The summed E-state index contributed by atoms with van der Waals surface area (Å²) in [6, 6.07) is 8.85. The second kappa shape index (κ2) is 33.7. The van der Waals surface area contributed by atoms with E-state index >= 15 is 0 Å². The number of carbonyl (C=O) groups excluding carboxylic acids is 11. The summed E-state index contributed by atoms with van der Waals surface area (Å²) in [5, 5.41) is 0. The summed E-state index contributed by atoms with van der Waals surface area (Å²) in [6.07, 6.45) is -4.49. The lowest BCUT2D eigenvalue weighted by Gasteiger charge is -2.31. The second-order valence-electron chi connectivity index (χ2n) is 22.7. The van der Waals surface area contributed by atoms with Crippen molar-refractivity contribution in [1.29, 1.82) is 0 Å². The van der Waals surface area contributed by atoms with Crippen molar-refractivity contribution in [3.8, 4) is 0 Å². The Morgan fingerprint density at radius 2 is 0.747 bits per heavy atom. The molecule has 2 aliphatic rings. The fourth-order valence-electron chi connectivity index (χ4n) is 12.6. The average molecular weight is 1320 g/mol. The zero-order valence-electron chi connectivity index (χ0n) is 55.2. The number of hydrogen-bond acceptors (Lipinski definition) is 23. The number of hydrogen-bond donors (Lipinski definition) is 4. The fourth-order valence-corrected chi connectivity index (χ4v) is 12.6. The molecule has 510 valence electrons. The Labute approximate surface area is 548 Å². The van der Waals surface area contributed by atoms with Crippen molar-refractivity contribution in [2.75, 3.05) is 71.1 Å². The summed E-state index contributed by atoms with van der Waals surface area (Å²) in [4.78, 5) is 171. The van der Waals surface area contributed by atoms with Crippen molar-refractivity contribution < 1.29 is 105 Å². The van der Waals surface area contributed by atoms with Crippen LogP contribution in [-0.4, -0.2) is 168 Å². The van der Waals surface area contributed by atoms with Gasteiger partial charge in [-0.2, -0.15) is 0 Å². The largest absolute Gasteiger partial charge is 0.469 e. The molecule has 0 fully saturated rings.